The van der Waals surface area contributed by atoms with E-state index in [0.717, 1.165) is 11.3 Å². The number of piperidine rings is 1. The second-order valence-electron chi connectivity index (χ2n) is 4.56. The predicted molar refractivity (Wildman–Crippen MR) is 73.0 cm³/mol. The van der Waals surface area contributed by atoms with E-state index in [0.29, 0.717) is 29.4 Å². The Morgan fingerprint density at radius 2 is 2.39 bits per heavy atom. The SMILES string of the molecule is Cc1csc(C(=O)N2CC/C(=N\O)C(C)C2)c1Cl. The third kappa shape index (κ3) is 2.37. The van der Waals surface area contributed by atoms with Gasteiger partial charge in [-0.25, -0.2) is 0 Å². The zero-order valence-corrected chi connectivity index (χ0v) is 11.9. The Kier molecular flexibility index (Phi) is 3.92. The smallest absolute Gasteiger partial charge is 0.265 e. The molecule has 2 heterocycles. The second-order valence-corrected chi connectivity index (χ2v) is 5.81. The summed E-state index contributed by atoms with van der Waals surface area (Å²) in [7, 11) is 0. The Labute approximate surface area is 115 Å². The van der Waals surface area contributed by atoms with Crippen LogP contribution in [0.25, 0.3) is 0 Å². The first-order valence-corrected chi connectivity index (χ1v) is 7.04. The maximum Gasteiger partial charge on any atom is 0.265 e. The van der Waals surface area contributed by atoms with E-state index < -0.39 is 0 Å². The molecule has 0 saturated carbocycles. The van der Waals surface area contributed by atoms with Crippen molar-refractivity contribution < 1.29 is 10.0 Å². The minimum absolute atomic E-state index is 0.0260. The van der Waals surface area contributed by atoms with Crippen molar-refractivity contribution in [3.63, 3.8) is 0 Å². The number of rotatable bonds is 1. The van der Waals surface area contributed by atoms with Gasteiger partial charge in [0.15, 0.2) is 0 Å². The van der Waals surface area contributed by atoms with Crippen molar-refractivity contribution in [2.24, 2.45) is 11.1 Å². The van der Waals surface area contributed by atoms with Crippen LogP contribution in [0, 0.1) is 12.8 Å². The number of carbonyl (C=O) groups excluding carboxylic acids is 1. The highest BCUT2D eigenvalue weighted by atomic mass is 35.5. The number of hydrogen-bond donors (Lipinski definition) is 1. The first-order chi connectivity index (χ1) is 8.54. The Morgan fingerprint density at radius 3 is 2.89 bits per heavy atom. The quantitative estimate of drug-likeness (QED) is 0.637. The van der Waals surface area contributed by atoms with Gasteiger partial charge in [-0.05, 0) is 17.9 Å². The maximum atomic E-state index is 12.3. The van der Waals surface area contributed by atoms with E-state index in [4.69, 9.17) is 16.8 Å². The molecule has 18 heavy (non-hydrogen) atoms. The molecule has 0 spiro atoms. The van der Waals surface area contributed by atoms with Crippen LogP contribution in [0.2, 0.25) is 5.02 Å². The molecular formula is C12H15ClN2O2S. The van der Waals surface area contributed by atoms with Crippen LogP contribution in [0.4, 0.5) is 0 Å². The molecule has 1 N–H and O–H groups in total. The molecule has 0 aliphatic carbocycles. The number of nitrogens with zero attached hydrogens (tertiary/aromatic N) is 2. The summed E-state index contributed by atoms with van der Waals surface area (Å²) in [5.41, 5.74) is 1.69. The molecule has 4 nitrogen and oxygen atoms in total. The van der Waals surface area contributed by atoms with Gasteiger partial charge in [0.2, 0.25) is 0 Å². The Hall–Kier alpha value is -1.07. The van der Waals surface area contributed by atoms with Crippen molar-refractivity contribution in [3.8, 4) is 0 Å². The molecule has 2 rings (SSSR count). The van der Waals surface area contributed by atoms with Crippen molar-refractivity contribution in [2.75, 3.05) is 13.1 Å². The van der Waals surface area contributed by atoms with Gasteiger partial charge in [0, 0.05) is 25.4 Å². The lowest BCUT2D eigenvalue weighted by Crippen LogP contribution is -2.43. The molecule has 98 valence electrons. The number of oxime groups is 1. The fourth-order valence-electron chi connectivity index (χ4n) is 2.07. The number of aryl methyl sites for hydroxylation is 1. The minimum atomic E-state index is -0.0260. The summed E-state index contributed by atoms with van der Waals surface area (Å²) in [5.74, 6) is 0.0643. The molecule has 0 aromatic carbocycles. The van der Waals surface area contributed by atoms with Crippen molar-refractivity contribution in [2.45, 2.75) is 20.3 Å². The molecule has 1 amide bonds. The monoisotopic (exact) mass is 286 g/mol. The molecule has 1 aromatic heterocycles. The van der Waals surface area contributed by atoms with E-state index in [1.165, 1.54) is 11.3 Å². The van der Waals surface area contributed by atoms with E-state index in [9.17, 15) is 4.79 Å². The third-order valence-corrected chi connectivity index (χ3v) is 4.89. The molecule has 1 aromatic rings. The third-order valence-electron chi connectivity index (χ3n) is 3.21. The summed E-state index contributed by atoms with van der Waals surface area (Å²) in [6.45, 7) is 5.00. The van der Waals surface area contributed by atoms with Crippen LogP contribution in [0.5, 0.6) is 0 Å². The highest BCUT2D eigenvalue weighted by molar-refractivity contribution is 7.13. The maximum absolute atomic E-state index is 12.3. The van der Waals surface area contributed by atoms with Crippen molar-refractivity contribution in [1.29, 1.82) is 0 Å². The fourth-order valence-corrected chi connectivity index (χ4v) is 3.31. The normalized spacial score (nSPS) is 22.5. The van der Waals surface area contributed by atoms with Crippen molar-refractivity contribution in [1.82, 2.24) is 4.90 Å². The van der Waals surface area contributed by atoms with Gasteiger partial charge in [-0.2, -0.15) is 0 Å². The molecule has 1 aliphatic rings. The van der Waals surface area contributed by atoms with Crippen LogP contribution in [0.3, 0.4) is 0 Å². The highest BCUT2D eigenvalue weighted by Gasteiger charge is 2.28. The van der Waals surface area contributed by atoms with Crippen molar-refractivity contribution in [3.05, 3.63) is 20.8 Å². The Morgan fingerprint density at radius 1 is 1.67 bits per heavy atom. The van der Waals surface area contributed by atoms with E-state index in [-0.39, 0.29) is 11.8 Å². The number of carbonyl (C=O) groups is 1. The van der Waals surface area contributed by atoms with Gasteiger partial charge < -0.3 is 10.1 Å². The lowest BCUT2D eigenvalue weighted by Gasteiger charge is -2.31. The zero-order valence-electron chi connectivity index (χ0n) is 10.3. The summed E-state index contributed by atoms with van der Waals surface area (Å²) in [5, 5.41) is 14.5. The summed E-state index contributed by atoms with van der Waals surface area (Å²) in [4.78, 5) is 14.7. The van der Waals surface area contributed by atoms with Crippen LogP contribution >= 0.6 is 22.9 Å². The molecule has 0 bridgehead atoms. The van der Waals surface area contributed by atoms with Crippen molar-refractivity contribution >= 4 is 34.6 Å². The predicted octanol–water partition coefficient (Wildman–Crippen LogP) is 3.02. The van der Waals surface area contributed by atoms with Crippen LogP contribution < -0.4 is 0 Å². The molecule has 1 atom stereocenters. The average Bonchev–Trinajstić information content (AvgIpc) is 2.69. The van der Waals surface area contributed by atoms with Gasteiger partial charge in [-0.1, -0.05) is 23.7 Å². The topological polar surface area (TPSA) is 52.9 Å². The standard InChI is InChI=1S/C12H15ClN2O2S/c1-7-5-15(4-3-9(7)14-17)12(16)11-10(13)8(2)6-18-11/h6-7,17H,3-5H2,1-2H3/b14-9+. The summed E-state index contributed by atoms with van der Waals surface area (Å²) in [6.07, 6.45) is 0.616. The van der Waals surface area contributed by atoms with Crippen LogP contribution in [0.15, 0.2) is 10.5 Å². The molecule has 0 radical (unpaired) electrons. The molecule has 1 fully saturated rings. The van der Waals surface area contributed by atoms with Crippen LogP contribution in [0.1, 0.15) is 28.6 Å². The zero-order chi connectivity index (χ0) is 13.3. The minimum Gasteiger partial charge on any atom is -0.411 e. The van der Waals surface area contributed by atoms with Gasteiger partial charge >= 0.3 is 0 Å². The van der Waals surface area contributed by atoms with Gasteiger partial charge in [-0.3, -0.25) is 4.79 Å². The first-order valence-electron chi connectivity index (χ1n) is 5.78. The lowest BCUT2D eigenvalue weighted by atomic mass is 9.97. The van der Waals surface area contributed by atoms with E-state index >= 15 is 0 Å². The average molecular weight is 287 g/mol. The second kappa shape index (κ2) is 5.28. The Bertz CT molecular complexity index is 498. The molecular weight excluding hydrogens is 272 g/mol. The molecule has 6 heteroatoms. The van der Waals surface area contributed by atoms with Gasteiger partial charge in [0.05, 0.1) is 10.7 Å². The van der Waals surface area contributed by atoms with Gasteiger partial charge in [-0.15, -0.1) is 11.3 Å². The summed E-state index contributed by atoms with van der Waals surface area (Å²) < 4.78 is 0. The Balaban J connectivity index is 2.14. The first kappa shape index (κ1) is 13.4. The number of thiophene rings is 1. The van der Waals surface area contributed by atoms with Crippen LogP contribution in [-0.2, 0) is 0 Å². The summed E-state index contributed by atoms with van der Waals surface area (Å²) >= 11 is 7.50. The molecule has 1 saturated heterocycles. The van der Waals surface area contributed by atoms with Crippen LogP contribution in [-0.4, -0.2) is 34.8 Å². The fraction of sp³-hybridized carbons (Fsp3) is 0.500. The highest BCUT2D eigenvalue weighted by Crippen LogP contribution is 2.29. The number of halogens is 1. The van der Waals surface area contributed by atoms with E-state index in [2.05, 4.69) is 5.16 Å². The van der Waals surface area contributed by atoms with E-state index in [1.54, 1.807) is 4.90 Å². The van der Waals surface area contributed by atoms with Gasteiger partial charge in [0.25, 0.3) is 5.91 Å². The number of likely N-dealkylation sites (tertiary alicyclic amines) is 1. The number of amides is 1. The summed E-state index contributed by atoms with van der Waals surface area (Å²) in [6, 6.07) is 0. The lowest BCUT2D eigenvalue weighted by molar-refractivity contribution is 0.0739. The molecule has 1 aliphatic heterocycles. The molecule has 1 unspecified atom stereocenters. The van der Waals surface area contributed by atoms with Gasteiger partial charge in [0.1, 0.15) is 4.88 Å². The largest absolute Gasteiger partial charge is 0.411 e. The van der Waals surface area contributed by atoms with E-state index in [1.807, 2.05) is 19.2 Å². The number of hydrogen-bond acceptors (Lipinski definition) is 4.